The van der Waals surface area contributed by atoms with Crippen molar-refractivity contribution in [1.82, 2.24) is 9.78 Å². The van der Waals surface area contributed by atoms with E-state index in [0.717, 1.165) is 6.07 Å². The van der Waals surface area contributed by atoms with Gasteiger partial charge in [0, 0.05) is 16.7 Å². The highest BCUT2D eigenvalue weighted by atomic mass is 19.2. The Hall–Kier alpha value is -4.65. The van der Waals surface area contributed by atoms with Gasteiger partial charge in [0.15, 0.2) is 11.6 Å². The summed E-state index contributed by atoms with van der Waals surface area (Å²) in [6.07, 6.45) is 0. The van der Waals surface area contributed by atoms with Gasteiger partial charge in [-0.1, -0.05) is 18.2 Å². The maximum Gasteiger partial charge on any atom is 0.184 e. The third kappa shape index (κ3) is 3.73. The second-order valence-electron chi connectivity index (χ2n) is 7.70. The lowest BCUT2D eigenvalue weighted by atomic mass is 9.95. The molecule has 0 bridgehead atoms. The van der Waals surface area contributed by atoms with Crippen LogP contribution in [0.25, 0.3) is 39.3 Å². The summed E-state index contributed by atoms with van der Waals surface area (Å²) in [6, 6.07) is 23.0. The van der Waals surface area contributed by atoms with E-state index in [-0.39, 0.29) is 22.9 Å². The summed E-state index contributed by atoms with van der Waals surface area (Å²) in [6.45, 7) is 0. The molecule has 0 radical (unpaired) electrons. The highest BCUT2D eigenvalue weighted by Gasteiger charge is 2.25. The van der Waals surface area contributed by atoms with Crippen molar-refractivity contribution in [1.29, 1.82) is 0 Å². The molecule has 0 unspecified atom stereocenters. The zero-order chi connectivity index (χ0) is 23.8. The number of phenols is 3. The van der Waals surface area contributed by atoms with Gasteiger partial charge in [-0.25, -0.2) is 13.5 Å². The summed E-state index contributed by atoms with van der Waals surface area (Å²) < 4.78 is 30.5. The van der Waals surface area contributed by atoms with Gasteiger partial charge >= 0.3 is 0 Å². The van der Waals surface area contributed by atoms with Crippen molar-refractivity contribution in [3.05, 3.63) is 103 Å². The van der Waals surface area contributed by atoms with Gasteiger partial charge in [0.05, 0.1) is 5.69 Å². The first-order valence-electron chi connectivity index (χ1n) is 10.4. The fourth-order valence-electron chi connectivity index (χ4n) is 3.86. The Bertz CT molecular complexity index is 1480. The number of aromatic hydroxyl groups is 3. The zero-order valence-corrected chi connectivity index (χ0v) is 17.7. The molecule has 0 atom stereocenters. The van der Waals surface area contributed by atoms with E-state index >= 15 is 0 Å². The molecule has 0 aliphatic rings. The van der Waals surface area contributed by atoms with Gasteiger partial charge in [0.2, 0.25) is 0 Å². The van der Waals surface area contributed by atoms with Gasteiger partial charge in [-0.3, -0.25) is 0 Å². The Morgan fingerprint density at radius 2 is 1.09 bits per heavy atom. The van der Waals surface area contributed by atoms with Crippen LogP contribution in [-0.2, 0) is 0 Å². The second-order valence-corrected chi connectivity index (χ2v) is 7.70. The molecule has 0 amide bonds. The minimum atomic E-state index is -1.06. The van der Waals surface area contributed by atoms with Crippen molar-refractivity contribution in [2.45, 2.75) is 0 Å². The number of hydrogen-bond acceptors (Lipinski definition) is 4. The van der Waals surface area contributed by atoms with Crippen LogP contribution < -0.4 is 0 Å². The Balaban J connectivity index is 1.90. The van der Waals surface area contributed by atoms with Crippen LogP contribution in [-0.4, -0.2) is 25.1 Å². The predicted molar refractivity (Wildman–Crippen MR) is 125 cm³/mol. The lowest BCUT2D eigenvalue weighted by molar-refractivity contribution is 0.475. The van der Waals surface area contributed by atoms with Gasteiger partial charge in [0.25, 0.3) is 0 Å². The molecule has 5 aromatic rings. The minimum Gasteiger partial charge on any atom is -0.508 e. The first kappa shape index (κ1) is 21.2. The van der Waals surface area contributed by atoms with Crippen LogP contribution in [0.15, 0.2) is 91.0 Å². The molecule has 0 aliphatic carbocycles. The molecule has 5 rings (SSSR count). The first-order chi connectivity index (χ1) is 16.4. The van der Waals surface area contributed by atoms with Gasteiger partial charge in [-0.05, 0) is 78.4 Å². The molecule has 0 spiro atoms. The Morgan fingerprint density at radius 1 is 0.588 bits per heavy atom. The molecular formula is C27H18F2N2O3. The quantitative estimate of drug-likeness (QED) is 0.298. The highest BCUT2D eigenvalue weighted by molar-refractivity contribution is 5.92. The normalized spacial score (nSPS) is 11.0. The summed E-state index contributed by atoms with van der Waals surface area (Å²) in [5.74, 6) is -1.87. The molecule has 0 saturated carbocycles. The molecule has 1 aromatic heterocycles. The maximum absolute atomic E-state index is 15.0. The Labute approximate surface area is 193 Å². The SMILES string of the molecule is Oc1ccc(-c2nn(-c3cccc(F)c3F)c(-c3ccc(O)cc3)c2-c2ccc(O)cc2)cc1. The van der Waals surface area contributed by atoms with E-state index in [9.17, 15) is 24.1 Å². The number of phenolic OH excluding ortho intramolecular Hbond substituents is 3. The van der Waals surface area contributed by atoms with E-state index in [0.29, 0.717) is 33.6 Å². The Morgan fingerprint density at radius 3 is 1.65 bits per heavy atom. The monoisotopic (exact) mass is 456 g/mol. The van der Waals surface area contributed by atoms with Crippen LogP contribution >= 0.6 is 0 Å². The first-order valence-corrected chi connectivity index (χ1v) is 10.4. The summed E-state index contributed by atoms with van der Waals surface area (Å²) in [5, 5.41) is 34.1. The topological polar surface area (TPSA) is 78.5 Å². The molecule has 168 valence electrons. The number of nitrogens with zero attached hydrogens (tertiary/aromatic N) is 2. The molecule has 3 N–H and O–H groups in total. The average molecular weight is 456 g/mol. The summed E-state index contributed by atoms with van der Waals surface area (Å²) in [5.41, 5.74) is 3.33. The van der Waals surface area contributed by atoms with Crippen molar-refractivity contribution >= 4 is 0 Å². The highest BCUT2D eigenvalue weighted by Crippen LogP contribution is 2.42. The van der Waals surface area contributed by atoms with Crippen LogP contribution in [0.5, 0.6) is 17.2 Å². The number of hydrogen-bond donors (Lipinski definition) is 3. The van der Waals surface area contributed by atoms with Crippen LogP contribution in [0.4, 0.5) is 8.78 Å². The standard InChI is InChI=1S/C27H18F2N2O3/c28-22-2-1-3-23(25(22)29)31-27(18-8-14-21(34)15-9-18)24(16-4-10-19(32)11-5-16)26(30-31)17-6-12-20(33)13-7-17/h1-15,32-34H. The van der Waals surface area contributed by atoms with E-state index < -0.39 is 11.6 Å². The molecular weight excluding hydrogens is 438 g/mol. The lowest BCUT2D eigenvalue weighted by Gasteiger charge is -2.12. The van der Waals surface area contributed by atoms with Crippen molar-refractivity contribution < 1.29 is 24.1 Å². The third-order valence-corrected chi connectivity index (χ3v) is 5.48. The fourth-order valence-corrected chi connectivity index (χ4v) is 3.86. The average Bonchev–Trinajstić information content (AvgIpc) is 3.22. The van der Waals surface area contributed by atoms with Crippen LogP contribution in [0, 0.1) is 11.6 Å². The second kappa shape index (κ2) is 8.37. The molecule has 0 saturated heterocycles. The summed E-state index contributed by atoms with van der Waals surface area (Å²) >= 11 is 0. The summed E-state index contributed by atoms with van der Waals surface area (Å²) in [7, 11) is 0. The molecule has 7 heteroatoms. The maximum atomic E-state index is 15.0. The number of aromatic nitrogens is 2. The number of benzene rings is 4. The minimum absolute atomic E-state index is 0.0525. The van der Waals surface area contributed by atoms with Crippen LogP contribution in [0.2, 0.25) is 0 Å². The molecule has 1 heterocycles. The lowest BCUT2D eigenvalue weighted by Crippen LogP contribution is -2.04. The van der Waals surface area contributed by atoms with Gasteiger partial charge in [0.1, 0.15) is 28.6 Å². The van der Waals surface area contributed by atoms with E-state index in [4.69, 9.17) is 0 Å². The van der Waals surface area contributed by atoms with Gasteiger partial charge in [-0.15, -0.1) is 0 Å². The molecule has 5 nitrogen and oxygen atoms in total. The van der Waals surface area contributed by atoms with E-state index in [1.54, 1.807) is 36.4 Å². The summed E-state index contributed by atoms with van der Waals surface area (Å²) in [4.78, 5) is 0. The molecule has 0 fully saturated rings. The largest absolute Gasteiger partial charge is 0.508 e. The molecule has 4 aromatic carbocycles. The van der Waals surface area contributed by atoms with Gasteiger partial charge in [-0.2, -0.15) is 5.10 Å². The molecule has 34 heavy (non-hydrogen) atoms. The van der Waals surface area contributed by atoms with E-state index in [2.05, 4.69) is 5.10 Å². The smallest absolute Gasteiger partial charge is 0.184 e. The number of halogens is 2. The zero-order valence-electron chi connectivity index (χ0n) is 17.7. The molecule has 0 aliphatic heterocycles. The van der Waals surface area contributed by atoms with E-state index in [1.807, 2.05) is 0 Å². The van der Waals surface area contributed by atoms with E-state index in [1.165, 1.54) is 53.2 Å². The van der Waals surface area contributed by atoms with Crippen LogP contribution in [0.1, 0.15) is 0 Å². The van der Waals surface area contributed by atoms with Crippen molar-refractivity contribution in [3.8, 4) is 56.6 Å². The van der Waals surface area contributed by atoms with Crippen molar-refractivity contribution in [2.75, 3.05) is 0 Å². The number of rotatable bonds is 4. The van der Waals surface area contributed by atoms with Gasteiger partial charge < -0.3 is 15.3 Å². The third-order valence-electron chi connectivity index (χ3n) is 5.48. The Kier molecular flexibility index (Phi) is 5.22. The predicted octanol–water partition coefficient (Wildman–Crippen LogP) is 6.27. The van der Waals surface area contributed by atoms with Crippen molar-refractivity contribution in [3.63, 3.8) is 0 Å². The van der Waals surface area contributed by atoms with Crippen molar-refractivity contribution in [2.24, 2.45) is 0 Å². The van der Waals surface area contributed by atoms with Crippen LogP contribution in [0.3, 0.4) is 0 Å². The fraction of sp³-hybridized carbons (Fsp3) is 0.